The number of fused-ring (bicyclic) bond motifs is 2. The van der Waals surface area contributed by atoms with Crippen LogP contribution in [0.1, 0.15) is 30.7 Å². The van der Waals surface area contributed by atoms with Gasteiger partial charge in [-0.1, -0.05) is 0 Å². The number of nitrogens with one attached hydrogen (secondary N) is 1. The van der Waals surface area contributed by atoms with Crippen LogP contribution in [0.5, 0.6) is 11.5 Å². The number of likely N-dealkylation sites (tertiary alicyclic amines) is 1. The molecule has 0 amide bonds. The van der Waals surface area contributed by atoms with Crippen LogP contribution in [0.25, 0.3) is 11.5 Å². The first kappa shape index (κ1) is 17.4. The first-order valence-corrected chi connectivity index (χ1v) is 9.33. The van der Waals surface area contributed by atoms with Crippen molar-refractivity contribution in [3.05, 3.63) is 29.7 Å². The molecule has 6 nitrogen and oxygen atoms in total. The SMILES string of the molecule is COc1ccc(-c2nc(CN3CC[C@H]4CC[C@@H](C3)N4)c(C)o2)cc1OC. The summed E-state index contributed by atoms with van der Waals surface area (Å²) >= 11 is 0. The number of hydrogen-bond donors (Lipinski definition) is 1. The number of hydrogen-bond acceptors (Lipinski definition) is 6. The molecule has 140 valence electrons. The molecular formula is C20H27N3O3. The van der Waals surface area contributed by atoms with Gasteiger partial charge in [-0.25, -0.2) is 4.98 Å². The largest absolute Gasteiger partial charge is 0.493 e. The fourth-order valence-corrected chi connectivity index (χ4v) is 4.04. The molecule has 2 aliphatic rings. The van der Waals surface area contributed by atoms with Crippen LogP contribution in [0.4, 0.5) is 0 Å². The van der Waals surface area contributed by atoms with E-state index in [4.69, 9.17) is 18.9 Å². The predicted octanol–water partition coefficient (Wildman–Crippen LogP) is 2.99. The topological polar surface area (TPSA) is 59.8 Å². The Morgan fingerprint density at radius 3 is 2.77 bits per heavy atom. The molecule has 2 aliphatic heterocycles. The third kappa shape index (κ3) is 3.44. The van der Waals surface area contributed by atoms with Gasteiger partial charge < -0.3 is 19.2 Å². The molecule has 2 aromatic rings. The van der Waals surface area contributed by atoms with Crippen LogP contribution >= 0.6 is 0 Å². The Bertz CT molecular complexity index is 774. The van der Waals surface area contributed by atoms with Crippen LogP contribution in [0.15, 0.2) is 22.6 Å². The van der Waals surface area contributed by atoms with Gasteiger partial charge in [0.2, 0.25) is 5.89 Å². The highest BCUT2D eigenvalue weighted by molar-refractivity contribution is 5.60. The van der Waals surface area contributed by atoms with E-state index < -0.39 is 0 Å². The minimum absolute atomic E-state index is 0.625. The average molecular weight is 357 g/mol. The maximum Gasteiger partial charge on any atom is 0.226 e. The Morgan fingerprint density at radius 1 is 1.15 bits per heavy atom. The van der Waals surface area contributed by atoms with Crippen molar-refractivity contribution in [2.75, 3.05) is 27.3 Å². The van der Waals surface area contributed by atoms with Gasteiger partial charge in [0.1, 0.15) is 5.76 Å². The molecule has 2 fully saturated rings. The van der Waals surface area contributed by atoms with E-state index in [9.17, 15) is 0 Å². The Kier molecular flexibility index (Phi) is 4.87. The molecule has 4 rings (SSSR count). The Hall–Kier alpha value is -2.05. The van der Waals surface area contributed by atoms with Gasteiger partial charge in [-0.3, -0.25) is 4.90 Å². The predicted molar refractivity (Wildman–Crippen MR) is 99.6 cm³/mol. The van der Waals surface area contributed by atoms with Gasteiger partial charge in [0.25, 0.3) is 0 Å². The molecule has 3 heterocycles. The first-order valence-electron chi connectivity index (χ1n) is 9.33. The lowest BCUT2D eigenvalue weighted by Gasteiger charge is -2.22. The summed E-state index contributed by atoms with van der Waals surface area (Å²) in [5, 5.41) is 3.73. The summed E-state index contributed by atoms with van der Waals surface area (Å²) in [5.74, 6) is 2.90. The normalized spacial score (nSPS) is 23.0. The second kappa shape index (κ2) is 7.29. The number of oxazole rings is 1. The molecule has 2 bridgehead atoms. The summed E-state index contributed by atoms with van der Waals surface area (Å²) in [6, 6.07) is 7.06. The molecule has 0 saturated carbocycles. The van der Waals surface area contributed by atoms with Crippen LogP contribution in [-0.4, -0.2) is 49.3 Å². The Morgan fingerprint density at radius 2 is 1.96 bits per heavy atom. The molecule has 1 aromatic heterocycles. The van der Waals surface area contributed by atoms with Crippen LogP contribution in [-0.2, 0) is 6.54 Å². The van der Waals surface area contributed by atoms with Crippen LogP contribution in [0.2, 0.25) is 0 Å². The smallest absolute Gasteiger partial charge is 0.226 e. The molecule has 0 unspecified atom stereocenters. The highest BCUT2D eigenvalue weighted by Gasteiger charge is 2.29. The molecule has 0 aliphatic carbocycles. The van der Waals surface area contributed by atoms with E-state index in [-0.39, 0.29) is 0 Å². The lowest BCUT2D eigenvalue weighted by atomic mass is 10.1. The van der Waals surface area contributed by atoms with Gasteiger partial charge in [-0.05, 0) is 44.4 Å². The second-order valence-electron chi connectivity index (χ2n) is 7.25. The van der Waals surface area contributed by atoms with Crippen molar-refractivity contribution in [2.24, 2.45) is 0 Å². The zero-order valence-electron chi connectivity index (χ0n) is 15.7. The molecule has 0 radical (unpaired) electrons. The molecule has 26 heavy (non-hydrogen) atoms. The number of aromatic nitrogens is 1. The molecule has 1 N–H and O–H groups in total. The van der Waals surface area contributed by atoms with Crippen molar-refractivity contribution in [1.29, 1.82) is 0 Å². The van der Waals surface area contributed by atoms with Crippen molar-refractivity contribution >= 4 is 0 Å². The van der Waals surface area contributed by atoms with Gasteiger partial charge in [-0.2, -0.15) is 0 Å². The molecular weight excluding hydrogens is 330 g/mol. The first-order chi connectivity index (χ1) is 12.7. The summed E-state index contributed by atoms with van der Waals surface area (Å²) in [6.07, 6.45) is 3.83. The molecule has 2 saturated heterocycles. The van der Waals surface area contributed by atoms with Crippen molar-refractivity contribution < 1.29 is 13.9 Å². The van der Waals surface area contributed by atoms with E-state index in [1.165, 1.54) is 19.3 Å². The van der Waals surface area contributed by atoms with Gasteiger partial charge in [0.15, 0.2) is 11.5 Å². The zero-order chi connectivity index (χ0) is 18.1. The zero-order valence-corrected chi connectivity index (χ0v) is 15.7. The average Bonchev–Trinajstić information content (AvgIpc) is 3.18. The third-order valence-corrected chi connectivity index (χ3v) is 5.50. The van der Waals surface area contributed by atoms with E-state index in [1.807, 2.05) is 25.1 Å². The summed E-state index contributed by atoms with van der Waals surface area (Å²) < 4.78 is 16.7. The quantitative estimate of drug-likeness (QED) is 0.888. The van der Waals surface area contributed by atoms with Crippen LogP contribution in [0.3, 0.4) is 0 Å². The number of rotatable bonds is 5. The summed E-state index contributed by atoms with van der Waals surface area (Å²) in [7, 11) is 3.27. The lowest BCUT2D eigenvalue weighted by Crippen LogP contribution is -2.35. The maximum absolute atomic E-state index is 5.96. The van der Waals surface area contributed by atoms with E-state index in [0.717, 1.165) is 36.7 Å². The molecule has 0 spiro atoms. The monoisotopic (exact) mass is 357 g/mol. The lowest BCUT2D eigenvalue weighted by molar-refractivity contribution is 0.247. The van der Waals surface area contributed by atoms with E-state index >= 15 is 0 Å². The fourth-order valence-electron chi connectivity index (χ4n) is 4.04. The Labute approximate surface area is 154 Å². The summed E-state index contributed by atoms with van der Waals surface area (Å²) in [4.78, 5) is 7.27. The third-order valence-electron chi connectivity index (χ3n) is 5.50. The minimum Gasteiger partial charge on any atom is -0.493 e. The van der Waals surface area contributed by atoms with Gasteiger partial charge in [0, 0.05) is 37.3 Å². The number of benzene rings is 1. The van der Waals surface area contributed by atoms with Crippen molar-refractivity contribution in [3.63, 3.8) is 0 Å². The Balaban J connectivity index is 1.52. The van der Waals surface area contributed by atoms with Crippen LogP contribution in [0, 0.1) is 6.92 Å². The number of aryl methyl sites for hydroxylation is 1. The highest BCUT2D eigenvalue weighted by atomic mass is 16.5. The second-order valence-corrected chi connectivity index (χ2v) is 7.25. The number of ether oxygens (including phenoxy) is 2. The standard InChI is InChI=1S/C20H27N3O3/c1-13-17(12-23-9-8-15-5-6-16(11-23)21-15)22-20(26-13)14-4-7-18(24-2)19(10-14)25-3/h4,7,10,15-16,21H,5-6,8-9,11-12H2,1-3H3/t15-,16+/m1/s1. The maximum atomic E-state index is 5.96. The number of nitrogens with zero attached hydrogens (tertiary/aromatic N) is 2. The molecule has 1 aromatic carbocycles. The fraction of sp³-hybridized carbons (Fsp3) is 0.550. The molecule has 6 heteroatoms. The van der Waals surface area contributed by atoms with E-state index in [0.29, 0.717) is 29.5 Å². The van der Waals surface area contributed by atoms with Crippen molar-refractivity contribution in [3.8, 4) is 23.0 Å². The summed E-state index contributed by atoms with van der Waals surface area (Å²) in [6.45, 7) is 5.04. The number of methoxy groups -OCH3 is 2. The minimum atomic E-state index is 0.625. The van der Waals surface area contributed by atoms with Gasteiger partial charge in [-0.15, -0.1) is 0 Å². The van der Waals surface area contributed by atoms with Crippen molar-refractivity contribution in [1.82, 2.24) is 15.2 Å². The van der Waals surface area contributed by atoms with E-state index in [2.05, 4.69) is 10.2 Å². The van der Waals surface area contributed by atoms with Crippen LogP contribution < -0.4 is 14.8 Å². The van der Waals surface area contributed by atoms with Gasteiger partial charge >= 0.3 is 0 Å². The van der Waals surface area contributed by atoms with Crippen molar-refractivity contribution in [2.45, 2.75) is 44.8 Å². The highest BCUT2D eigenvalue weighted by Crippen LogP contribution is 2.33. The van der Waals surface area contributed by atoms with E-state index in [1.54, 1.807) is 14.2 Å². The summed E-state index contributed by atoms with van der Waals surface area (Å²) in [5.41, 5.74) is 1.92. The molecule has 2 atom stereocenters. The van der Waals surface area contributed by atoms with Gasteiger partial charge in [0.05, 0.1) is 19.9 Å².